The number of amides is 4. The maximum atomic E-state index is 13.0. The first-order valence-corrected chi connectivity index (χ1v) is 18.6. The highest BCUT2D eigenvalue weighted by Gasteiger charge is 2.45. The number of thioether (sulfide) groups is 2. The van der Waals surface area contributed by atoms with Gasteiger partial charge in [-0.15, -0.1) is 23.5 Å². The number of nitrogens with zero attached hydrogens (tertiary/aromatic N) is 2. The molecule has 14 heteroatoms. The number of hydrogen-bond acceptors (Lipinski definition) is 8. The molecule has 2 saturated heterocycles. The van der Waals surface area contributed by atoms with Gasteiger partial charge in [0.2, 0.25) is 11.8 Å². The van der Waals surface area contributed by atoms with Gasteiger partial charge in [-0.1, -0.05) is 0 Å². The van der Waals surface area contributed by atoms with Gasteiger partial charge in [0.05, 0.1) is 11.8 Å². The summed E-state index contributed by atoms with van der Waals surface area (Å²) in [6.45, 7) is 10.5. The van der Waals surface area contributed by atoms with Crippen molar-refractivity contribution in [3.05, 3.63) is 22.0 Å². The lowest BCUT2D eigenvalue weighted by molar-refractivity contribution is -0.153. The van der Waals surface area contributed by atoms with Crippen molar-refractivity contribution in [2.45, 2.75) is 83.7 Å². The van der Waals surface area contributed by atoms with Crippen LogP contribution in [0.3, 0.4) is 0 Å². The number of nitrogens with one attached hydrogen (secondary N) is 4. The van der Waals surface area contributed by atoms with Gasteiger partial charge >= 0.3 is 0 Å². The molecule has 45 heavy (non-hydrogen) atoms. The van der Waals surface area contributed by atoms with Crippen molar-refractivity contribution in [2.24, 2.45) is 11.8 Å². The molecule has 4 N–H and O–H groups in total. The topological polar surface area (TPSA) is 123 Å². The number of imide groups is 2. The van der Waals surface area contributed by atoms with Crippen LogP contribution in [0.2, 0.25) is 0 Å². The number of thiocarbonyl (C=S) groups is 2. The van der Waals surface area contributed by atoms with Crippen LogP contribution in [0.5, 0.6) is 0 Å². The molecule has 0 aromatic carbocycles. The third-order valence-electron chi connectivity index (χ3n) is 8.68. The Morgan fingerprint density at radius 2 is 1.04 bits per heavy atom. The lowest BCUT2D eigenvalue weighted by atomic mass is 9.90. The first-order chi connectivity index (χ1) is 21.3. The highest BCUT2D eigenvalue weighted by atomic mass is 32.2. The summed E-state index contributed by atoms with van der Waals surface area (Å²) in [5.41, 5.74) is -1.12. The van der Waals surface area contributed by atoms with Gasteiger partial charge in [0, 0.05) is 59.2 Å². The fourth-order valence-corrected chi connectivity index (χ4v) is 9.03. The van der Waals surface area contributed by atoms with E-state index in [2.05, 4.69) is 21.3 Å². The quantitative estimate of drug-likeness (QED) is 0.121. The minimum Gasteiger partial charge on any atom is -0.363 e. The van der Waals surface area contributed by atoms with E-state index in [1.165, 1.54) is 9.80 Å². The highest BCUT2D eigenvalue weighted by molar-refractivity contribution is 8.03. The Bertz CT molecular complexity index is 1170. The molecular weight excluding hydrogens is 649 g/mol. The Kier molecular flexibility index (Phi) is 12.4. The molecular formula is C31H46N6O4S4. The van der Waals surface area contributed by atoms with E-state index in [0.717, 1.165) is 53.4 Å². The summed E-state index contributed by atoms with van der Waals surface area (Å²) in [6.07, 6.45) is 8.61. The predicted molar refractivity (Wildman–Crippen MR) is 189 cm³/mol. The van der Waals surface area contributed by atoms with Crippen molar-refractivity contribution in [1.29, 1.82) is 0 Å². The molecule has 0 bridgehead atoms. The molecule has 2 atom stereocenters. The second kappa shape index (κ2) is 15.6. The number of fused-ring (bicyclic) bond motifs is 2. The van der Waals surface area contributed by atoms with Crippen molar-refractivity contribution < 1.29 is 19.2 Å². The van der Waals surface area contributed by atoms with E-state index in [-0.39, 0.29) is 35.5 Å². The molecule has 0 aliphatic carbocycles. The summed E-state index contributed by atoms with van der Waals surface area (Å²) in [7, 11) is 0. The summed E-state index contributed by atoms with van der Waals surface area (Å²) in [5, 5.41) is 14.0. The second-order valence-electron chi connectivity index (χ2n) is 13.0. The van der Waals surface area contributed by atoms with Crippen molar-refractivity contribution in [1.82, 2.24) is 31.1 Å². The fourth-order valence-electron chi connectivity index (χ4n) is 6.23. The molecule has 0 radical (unpaired) electrons. The van der Waals surface area contributed by atoms with Crippen molar-refractivity contribution >= 4 is 81.8 Å². The van der Waals surface area contributed by atoms with Gasteiger partial charge in [0.1, 0.15) is 0 Å². The van der Waals surface area contributed by atoms with Crippen LogP contribution in [-0.2, 0) is 19.2 Å². The van der Waals surface area contributed by atoms with Gasteiger partial charge in [-0.25, -0.2) is 0 Å². The van der Waals surface area contributed by atoms with E-state index < -0.39 is 11.1 Å². The Labute approximate surface area is 286 Å². The molecule has 4 aliphatic rings. The third kappa shape index (κ3) is 9.01. The minimum absolute atomic E-state index is 0.0626. The van der Waals surface area contributed by atoms with E-state index in [9.17, 15) is 19.2 Å². The number of carbonyl (C=O) groups is 4. The molecule has 10 nitrogen and oxygen atoms in total. The van der Waals surface area contributed by atoms with Crippen LogP contribution >= 0.6 is 48.0 Å². The van der Waals surface area contributed by atoms with E-state index in [1.54, 1.807) is 35.7 Å². The van der Waals surface area contributed by atoms with Gasteiger partial charge in [-0.2, -0.15) is 0 Å². The van der Waals surface area contributed by atoms with E-state index in [1.807, 2.05) is 27.7 Å². The van der Waals surface area contributed by atoms with Crippen molar-refractivity contribution in [3.63, 3.8) is 0 Å². The summed E-state index contributed by atoms with van der Waals surface area (Å²) in [4.78, 5) is 56.1. The molecule has 0 spiro atoms. The van der Waals surface area contributed by atoms with Crippen LogP contribution < -0.4 is 21.3 Å². The van der Waals surface area contributed by atoms with Crippen molar-refractivity contribution in [3.8, 4) is 0 Å². The van der Waals surface area contributed by atoms with Crippen LogP contribution in [0.1, 0.15) is 72.6 Å². The largest absolute Gasteiger partial charge is 0.363 e. The fraction of sp³-hybridized carbons (Fsp3) is 0.677. The Morgan fingerprint density at radius 3 is 1.42 bits per heavy atom. The van der Waals surface area contributed by atoms with E-state index in [4.69, 9.17) is 24.4 Å². The van der Waals surface area contributed by atoms with Crippen LogP contribution in [0.4, 0.5) is 0 Å². The summed E-state index contributed by atoms with van der Waals surface area (Å²) in [5.74, 6) is 0.952. The van der Waals surface area contributed by atoms with Crippen LogP contribution in [0, 0.1) is 11.8 Å². The summed E-state index contributed by atoms with van der Waals surface area (Å²) >= 11 is 14.0. The van der Waals surface area contributed by atoms with Crippen LogP contribution in [0.15, 0.2) is 22.0 Å². The summed E-state index contributed by atoms with van der Waals surface area (Å²) in [6, 6.07) is 0. The Hall–Kier alpha value is -2.16. The average molecular weight is 695 g/mol. The lowest BCUT2D eigenvalue weighted by Crippen LogP contribution is -2.54. The molecule has 4 aliphatic heterocycles. The third-order valence-corrected chi connectivity index (χ3v) is 11.6. The average Bonchev–Trinajstić information content (AvgIpc) is 3.63. The van der Waals surface area contributed by atoms with Gasteiger partial charge in [0.25, 0.3) is 11.8 Å². The number of rotatable bonds is 14. The molecule has 4 amide bonds. The zero-order chi connectivity index (χ0) is 32.8. The standard InChI is InChI=1S/C31H46N6O4S4/c1-30(2,36-24(38)18-22-20(26(36)40)8-16-44-22)10-5-12-32-28(42)34-14-7-15-35-29(43)33-13-6-11-31(3,4)37-25(39)19-23-21(27(37)41)9-17-45-23/h18-21H,5-17H2,1-4H3,(H2,32,34,42)(H2,33,35,43). The first-order valence-electron chi connectivity index (χ1n) is 15.8. The molecule has 0 aromatic rings. The predicted octanol–water partition coefficient (Wildman–Crippen LogP) is 3.43. The maximum Gasteiger partial charge on any atom is 0.254 e. The van der Waals surface area contributed by atoms with Crippen molar-refractivity contribution in [2.75, 3.05) is 37.7 Å². The summed E-state index contributed by atoms with van der Waals surface area (Å²) < 4.78 is 0. The van der Waals surface area contributed by atoms with Gasteiger partial charge in [0.15, 0.2) is 10.2 Å². The molecule has 0 aromatic heterocycles. The molecule has 0 saturated carbocycles. The number of hydrogen-bond donors (Lipinski definition) is 4. The number of carbonyl (C=O) groups excluding carboxylic acids is 4. The normalized spacial score (nSPS) is 21.7. The zero-order valence-corrected chi connectivity index (χ0v) is 29.9. The molecule has 4 heterocycles. The zero-order valence-electron chi connectivity index (χ0n) is 26.7. The van der Waals surface area contributed by atoms with Crippen LogP contribution in [-0.4, -0.2) is 92.4 Å². The van der Waals surface area contributed by atoms with Gasteiger partial charge in [-0.3, -0.25) is 29.0 Å². The minimum atomic E-state index is -0.559. The molecule has 248 valence electrons. The molecule has 2 fully saturated rings. The lowest BCUT2D eigenvalue weighted by Gasteiger charge is -2.40. The van der Waals surface area contributed by atoms with Crippen LogP contribution in [0.25, 0.3) is 0 Å². The first kappa shape index (κ1) is 35.7. The second-order valence-corrected chi connectivity index (χ2v) is 16.2. The van der Waals surface area contributed by atoms with Gasteiger partial charge in [-0.05, 0) is 109 Å². The van der Waals surface area contributed by atoms with E-state index in [0.29, 0.717) is 49.2 Å². The monoisotopic (exact) mass is 694 g/mol. The van der Waals surface area contributed by atoms with Gasteiger partial charge < -0.3 is 21.3 Å². The highest BCUT2D eigenvalue weighted by Crippen LogP contribution is 2.43. The molecule has 4 rings (SSSR count). The Morgan fingerprint density at radius 1 is 0.689 bits per heavy atom. The molecule has 2 unspecified atom stereocenters. The Balaban J connectivity index is 1.03. The van der Waals surface area contributed by atoms with E-state index >= 15 is 0 Å². The SMILES string of the molecule is CC(C)(CCCNC(=S)NCCCNC(=S)NCCCC(C)(C)N1C(=O)C=C2SCCC2C1=O)N1C(=O)C=C2SCCC2C1=O. The maximum absolute atomic E-state index is 13.0. The smallest absolute Gasteiger partial charge is 0.254 e.